The molecular formula is C18H26BrClN2O3. The Hall–Kier alpha value is -1.11. The molecule has 0 bridgehead atoms. The van der Waals surface area contributed by atoms with Crippen molar-refractivity contribution in [2.45, 2.75) is 33.1 Å². The van der Waals surface area contributed by atoms with Crippen LogP contribution in [-0.2, 0) is 14.3 Å². The predicted octanol–water partition coefficient (Wildman–Crippen LogP) is 3.78. The van der Waals surface area contributed by atoms with Crippen LogP contribution in [0.5, 0.6) is 0 Å². The highest BCUT2D eigenvalue weighted by Gasteiger charge is 2.26. The van der Waals surface area contributed by atoms with Crippen molar-refractivity contribution >= 4 is 45.9 Å². The number of halogens is 2. The summed E-state index contributed by atoms with van der Waals surface area (Å²) < 4.78 is 6.13. The molecule has 5 nitrogen and oxygen atoms in total. The number of rotatable bonds is 6. The van der Waals surface area contributed by atoms with E-state index < -0.39 is 0 Å². The molecule has 1 aliphatic heterocycles. The summed E-state index contributed by atoms with van der Waals surface area (Å²) >= 11 is 3.45. The number of anilines is 1. The Morgan fingerprint density at radius 1 is 1.40 bits per heavy atom. The fourth-order valence-corrected chi connectivity index (χ4v) is 3.16. The van der Waals surface area contributed by atoms with E-state index in [1.165, 1.54) is 0 Å². The number of hydrogen-bond acceptors (Lipinski definition) is 4. The molecule has 1 aromatic carbocycles. The first kappa shape index (κ1) is 21.9. The van der Waals surface area contributed by atoms with Crippen LogP contribution in [0.4, 0.5) is 5.69 Å². The zero-order chi connectivity index (χ0) is 17.5. The maximum Gasteiger partial charge on any atom is 0.310 e. The number of nitrogens with one attached hydrogen (secondary N) is 1. The van der Waals surface area contributed by atoms with E-state index in [1.807, 2.05) is 32.0 Å². The van der Waals surface area contributed by atoms with Gasteiger partial charge in [0.1, 0.15) is 0 Å². The lowest BCUT2D eigenvalue weighted by molar-refractivity contribution is -0.149. The van der Waals surface area contributed by atoms with Crippen molar-refractivity contribution in [2.24, 2.45) is 5.92 Å². The average Bonchev–Trinajstić information content (AvgIpc) is 2.57. The molecule has 1 amide bonds. The lowest BCUT2D eigenvalue weighted by atomic mass is 9.98. The van der Waals surface area contributed by atoms with Gasteiger partial charge in [0.25, 0.3) is 0 Å². The molecule has 2 rings (SSSR count). The van der Waals surface area contributed by atoms with Gasteiger partial charge in [-0.2, -0.15) is 0 Å². The first-order valence-electron chi connectivity index (χ1n) is 8.44. The molecule has 1 heterocycles. The Bertz CT molecular complexity index is 598. The van der Waals surface area contributed by atoms with Crippen molar-refractivity contribution in [3.63, 3.8) is 0 Å². The minimum Gasteiger partial charge on any atom is -0.466 e. The van der Waals surface area contributed by atoms with Crippen molar-refractivity contribution in [1.29, 1.82) is 0 Å². The maximum absolute atomic E-state index is 12.1. The molecular weight excluding hydrogens is 408 g/mol. The van der Waals surface area contributed by atoms with Crippen LogP contribution in [0.1, 0.15) is 31.7 Å². The quantitative estimate of drug-likeness (QED) is 0.694. The highest BCUT2D eigenvalue weighted by molar-refractivity contribution is 9.10. The van der Waals surface area contributed by atoms with Crippen LogP contribution >= 0.6 is 28.3 Å². The fourth-order valence-electron chi connectivity index (χ4n) is 2.92. The topological polar surface area (TPSA) is 58.6 Å². The van der Waals surface area contributed by atoms with Crippen molar-refractivity contribution < 1.29 is 14.3 Å². The van der Waals surface area contributed by atoms with Crippen LogP contribution < -0.4 is 5.32 Å². The normalized spacial score (nSPS) is 17.5. The van der Waals surface area contributed by atoms with Gasteiger partial charge in [-0.15, -0.1) is 12.4 Å². The van der Waals surface area contributed by atoms with Crippen LogP contribution in [-0.4, -0.2) is 43.0 Å². The highest BCUT2D eigenvalue weighted by atomic mass is 79.9. The van der Waals surface area contributed by atoms with Gasteiger partial charge < -0.3 is 15.0 Å². The molecule has 0 aliphatic carbocycles. The Kier molecular flexibility index (Phi) is 9.46. The lowest BCUT2D eigenvalue weighted by Gasteiger charge is -2.31. The largest absolute Gasteiger partial charge is 0.466 e. The summed E-state index contributed by atoms with van der Waals surface area (Å²) in [7, 11) is 0. The summed E-state index contributed by atoms with van der Waals surface area (Å²) in [6, 6.07) is 5.76. The third-order valence-corrected chi connectivity index (χ3v) is 5.11. The van der Waals surface area contributed by atoms with Gasteiger partial charge in [-0.25, -0.2) is 0 Å². The number of aryl methyl sites for hydroxylation is 1. The van der Waals surface area contributed by atoms with E-state index in [-0.39, 0.29) is 30.2 Å². The van der Waals surface area contributed by atoms with E-state index in [4.69, 9.17) is 4.74 Å². The zero-order valence-electron chi connectivity index (χ0n) is 14.7. The van der Waals surface area contributed by atoms with E-state index in [0.717, 1.165) is 35.1 Å². The monoisotopic (exact) mass is 432 g/mol. The molecule has 1 fully saturated rings. The van der Waals surface area contributed by atoms with Gasteiger partial charge in [-0.1, -0.05) is 15.9 Å². The molecule has 0 radical (unpaired) electrons. The molecule has 0 aromatic heterocycles. The van der Waals surface area contributed by atoms with Gasteiger partial charge in [-0.3, -0.25) is 9.59 Å². The van der Waals surface area contributed by atoms with Crippen LogP contribution in [0.15, 0.2) is 22.7 Å². The standard InChI is InChI=1S/C18H25BrN2O3.ClH/c1-3-24-18(23)14-5-4-9-21(12-14)10-8-17(22)20-15-6-7-16(19)13(2)11-15;/h6-7,11,14H,3-5,8-10,12H2,1-2H3,(H,20,22);1H. The molecule has 1 atom stereocenters. The summed E-state index contributed by atoms with van der Waals surface area (Å²) in [6.07, 6.45) is 2.27. The number of carbonyl (C=O) groups excluding carboxylic acids is 2. The number of likely N-dealkylation sites (tertiary alicyclic amines) is 1. The van der Waals surface area contributed by atoms with Crippen LogP contribution in [0.25, 0.3) is 0 Å². The number of ether oxygens (including phenoxy) is 1. The van der Waals surface area contributed by atoms with Gasteiger partial charge in [0, 0.05) is 29.7 Å². The second-order valence-corrected chi connectivity index (χ2v) is 7.01. The maximum atomic E-state index is 12.1. The number of piperidine rings is 1. The van der Waals surface area contributed by atoms with E-state index in [2.05, 4.69) is 26.1 Å². The van der Waals surface area contributed by atoms with Crippen molar-refractivity contribution in [3.05, 3.63) is 28.2 Å². The highest BCUT2D eigenvalue weighted by Crippen LogP contribution is 2.21. The van der Waals surface area contributed by atoms with E-state index >= 15 is 0 Å². The summed E-state index contributed by atoms with van der Waals surface area (Å²) in [6.45, 7) is 6.52. The van der Waals surface area contributed by atoms with Crippen molar-refractivity contribution in [1.82, 2.24) is 4.90 Å². The number of carbonyl (C=O) groups is 2. The van der Waals surface area contributed by atoms with E-state index in [0.29, 0.717) is 26.1 Å². The van der Waals surface area contributed by atoms with Crippen molar-refractivity contribution in [2.75, 3.05) is 31.6 Å². The number of esters is 1. The van der Waals surface area contributed by atoms with Gasteiger partial charge in [0.15, 0.2) is 0 Å². The molecule has 140 valence electrons. The van der Waals surface area contributed by atoms with Crippen LogP contribution in [0, 0.1) is 12.8 Å². The summed E-state index contributed by atoms with van der Waals surface area (Å²) in [4.78, 5) is 26.2. The predicted molar refractivity (Wildman–Crippen MR) is 105 cm³/mol. The molecule has 1 aliphatic rings. The fraction of sp³-hybridized carbons (Fsp3) is 0.556. The zero-order valence-corrected chi connectivity index (χ0v) is 17.1. The summed E-state index contributed by atoms with van der Waals surface area (Å²) in [5.74, 6) is -0.178. The Labute approximate surface area is 164 Å². The third-order valence-electron chi connectivity index (χ3n) is 4.22. The van der Waals surface area contributed by atoms with Gasteiger partial charge in [-0.05, 0) is 57.0 Å². The minimum atomic E-state index is -0.114. The van der Waals surface area contributed by atoms with Gasteiger partial charge >= 0.3 is 5.97 Å². The second kappa shape index (κ2) is 10.8. The molecule has 1 aromatic rings. The molecule has 1 saturated heterocycles. The second-order valence-electron chi connectivity index (χ2n) is 6.15. The molecule has 7 heteroatoms. The molecule has 25 heavy (non-hydrogen) atoms. The Balaban J connectivity index is 0.00000312. The number of hydrogen-bond donors (Lipinski definition) is 1. The Morgan fingerprint density at radius 2 is 2.16 bits per heavy atom. The molecule has 0 saturated carbocycles. The van der Waals surface area contributed by atoms with Gasteiger partial charge in [0.05, 0.1) is 12.5 Å². The molecule has 1 N–H and O–H groups in total. The first-order chi connectivity index (χ1) is 11.5. The van der Waals surface area contributed by atoms with E-state index in [9.17, 15) is 9.59 Å². The van der Waals surface area contributed by atoms with Crippen LogP contribution in [0.2, 0.25) is 0 Å². The summed E-state index contributed by atoms with van der Waals surface area (Å²) in [5.41, 5.74) is 1.89. The van der Waals surface area contributed by atoms with Crippen molar-refractivity contribution in [3.8, 4) is 0 Å². The van der Waals surface area contributed by atoms with Gasteiger partial charge in [0.2, 0.25) is 5.91 Å². The number of amides is 1. The Morgan fingerprint density at radius 3 is 2.84 bits per heavy atom. The molecule has 1 unspecified atom stereocenters. The van der Waals surface area contributed by atoms with E-state index in [1.54, 1.807) is 0 Å². The number of nitrogens with zero attached hydrogens (tertiary/aromatic N) is 1. The van der Waals surface area contributed by atoms with Crippen LogP contribution in [0.3, 0.4) is 0 Å². The average molecular weight is 434 g/mol. The SMILES string of the molecule is CCOC(=O)C1CCCN(CCC(=O)Nc2ccc(Br)c(C)c2)C1.Cl. The smallest absolute Gasteiger partial charge is 0.310 e. The lowest BCUT2D eigenvalue weighted by Crippen LogP contribution is -2.40. The molecule has 0 spiro atoms. The third kappa shape index (κ3) is 6.96. The summed E-state index contributed by atoms with van der Waals surface area (Å²) in [5, 5.41) is 2.93. The first-order valence-corrected chi connectivity index (χ1v) is 9.24. The number of benzene rings is 1. The minimum absolute atomic E-state index is 0.